The molecule has 2 aromatic heterocycles. The molecule has 0 saturated carbocycles. The van der Waals surface area contributed by atoms with Crippen molar-refractivity contribution in [2.45, 2.75) is 13.8 Å². The second kappa shape index (κ2) is 5.95. The van der Waals surface area contributed by atoms with Crippen LogP contribution < -0.4 is 10.5 Å². The minimum Gasteiger partial charge on any atom is -0.464 e. The standard InChI is InChI=1S/C11H14N6O3/c1-3-19-8(18)7-5-13-17(6-7)10-14-9(12)15-11(16-10)20-4-2/h5-6H,3-4H2,1-2H3,(H2,12,14,15,16). The molecule has 9 heteroatoms. The normalized spacial score (nSPS) is 10.3. The van der Waals surface area contributed by atoms with Crippen LogP contribution in [0.1, 0.15) is 24.2 Å². The minimum atomic E-state index is -0.467. The first-order chi connectivity index (χ1) is 9.63. The van der Waals surface area contributed by atoms with E-state index in [9.17, 15) is 4.79 Å². The molecule has 2 aromatic rings. The maximum atomic E-state index is 11.5. The van der Waals surface area contributed by atoms with Crippen molar-refractivity contribution in [3.05, 3.63) is 18.0 Å². The number of carbonyl (C=O) groups is 1. The maximum Gasteiger partial charge on any atom is 0.341 e. The van der Waals surface area contributed by atoms with Crippen molar-refractivity contribution >= 4 is 11.9 Å². The van der Waals surface area contributed by atoms with Crippen molar-refractivity contribution in [2.75, 3.05) is 18.9 Å². The van der Waals surface area contributed by atoms with Gasteiger partial charge in [-0.3, -0.25) is 0 Å². The Hall–Kier alpha value is -2.71. The van der Waals surface area contributed by atoms with E-state index in [0.29, 0.717) is 12.2 Å². The fourth-order valence-electron chi connectivity index (χ4n) is 1.41. The minimum absolute atomic E-state index is 0.00614. The highest BCUT2D eigenvalue weighted by molar-refractivity contribution is 5.88. The summed E-state index contributed by atoms with van der Waals surface area (Å²) in [6.07, 6.45) is 2.81. The highest BCUT2D eigenvalue weighted by atomic mass is 16.5. The van der Waals surface area contributed by atoms with Gasteiger partial charge in [-0.2, -0.15) is 20.1 Å². The Balaban J connectivity index is 2.29. The van der Waals surface area contributed by atoms with E-state index in [1.165, 1.54) is 17.1 Å². The SMILES string of the molecule is CCOC(=O)c1cnn(-c2nc(N)nc(OCC)n2)c1. The van der Waals surface area contributed by atoms with E-state index in [1.54, 1.807) is 13.8 Å². The summed E-state index contributed by atoms with van der Waals surface area (Å²) in [7, 11) is 0. The second-order valence-corrected chi connectivity index (χ2v) is 3.60. The summed E-state index contributed by atoms with van der Waals surface area (Å²) in [4.78, 5) is 23.3. The van der Waals surface area contributed by atoms with Gasteiger partial charge in [-0.1, -0.05) is 0 Å². The molecule has 0 unspecified atom stereocenters. The van der Waals surface area contributed by atoms with Gasteiger partial charge in [0.2, 0.25) is 5.95 Å². The summed E-state index contributed by atoms with van der Waals surface area (Å²) >= 11 is 0. The van der Waals surface area contributed by atoms with Gasteiger partial charge >= 0.3 is 12.0 Å². The summed E-state index contributed by atoms with van der Waals surface area (Å²) in [6.45, 7) is 4.21. The predicted octanol–water partition coefficient (Wildman–Crippen LogP) is 0.215. The summed E-state index contributed by atoms with van der Waals surface area (Å²) in [5.41, 5.74) is 5.86. The summed E-state index contributed by atoms with van der Waals surface area (Å²) < 4.78 is 11.3. The Labute approximate surface area is 114 Å². The molecule has 0 aliphatic rings. The highest BCUT2D eigenvalue weighted by Gasteiger charge is 2.13. The molecule has 0 amide bonds. The van der Waals surface area contributed by atoms with Crippen molar-refractivity contribution in [3.63, 3.8) is 0 Å². The fraction of sp³-hybridized carbons (Fsp3) is 0.364. The highest BCUT2D eigenvalue weighted by Crippen LogP contribution is 2.10. The molecule has 0 aliphatic carbocycles. The van der Waals surface area contributed by atoms with E-state index in [0.717, 1.165) is 0 Å². The first kappa shape index (κ1) is 13.7. The molecule has 2 heterocycles. The number of aromatic nitrogens is 5. The quantitative estimate of drug-likeness (QED) is 0.771. The molecule has 2 N–H and O–H groups in total. The first-order valence-electron chi connectivity index (χ1n) is 6.00. The van der Waals surface area contributed by atoms with Gasteiger partial charge in [0.1, 0.15) is 0 Å². The maximum absolute atomic E-state index is 11.5. The van der Waals surface area contributed by atoms with Crippen molar-refractivity contribution in [2.24, 2.45) is 0 Å². The number of hydrogen-bond donors (Lipinski definition) is 1. The van der Waals surface area contributed by atoms with Crippen LogP contribution in [0.4, 0.5) is 5.95 Å². The van der Waals surface area contributed by atoms with E-state index >= 15 is 0 Å². The molecule has 0 aliphatic heterocycles. The third-order valence-corrected chi connectivity index (χ3v) is 2.19. The number of nitrogens with zero attached hydrogens (tertiary/aromatic N) is 5. The Morgan fingerprint density at radius 3 is 2.80 bits per heavy atom. The van der Waals surface area contributed by atoms with Gasteiger partial charge in [0.15, 0.2) is 0 Å². The monoisotopic (exact) mass is 278 g/mol. The average molecular weight is 278 g/mol. The zero-order chi connectivity index (χ0) is 14.5. The Morgan fingerprint density at radius 2 is 2.10 bits per heavy atom. The van der Waals surface area contributed by atoms with E-state index in [1.807, 2.05) is 0 Å². The molecular formula is C11H14N6O3. The van der Waals surface area contributed by atoms with Crippen molar-refractivity contribution in [1.82, 2.24) is 24.7 Å². The van der Waals surface area contributed by atoms with Crippen LogP contribution in [0.2, 0.25) is 0 Å². The molecule has 2 rings (SSSR count). The zero-order valence-corrected chi connectivity index (χ0v) is 11.1. The van der Waals surface area contributed by atoms with Crippen LogP contribution in [-0.2, 0) is 4.74 Å². The summed E-state index contributed by atoms with van der Waals surface area (Å²) in [5, 5.41) is 3.98. The number of nitrogens with two attached hydrogens (primary N) is 1. The molecule has 20 heavy (non-hydrogen) atoms. The van der Waals surface area contributed by atoms with Gasteiger partial charge in [-0.15, -0.1) is 0 Å². The molecule has 0 fully saturated rings. The molecule has 0 saturated heterocycles. The molecule has 0 spiro atoms. The van der Waals surface area contributed by atoms with Crippen LogP contribution in [0.15, 0.2) is 12.4 Å². The third-order valence-electron chi connectivity index (χ3n) is 2.19. The second-order valence-electron chi connectivity index (χ2n) is 3.60. The lowest BCUT2D eigenvalue weighted by atomic mass is 10.4. The van der Waals surface area contributed by atoms with Gasteiger partial charge in [0.25, 0.3) is 5.95 Å². The van der Waals surface area contributed by atoms with Gasteiger partial charge < -0.3 is 15.2 Å². The topological polar surface area (TPSA) is 118 Å². The van der Waals surface area contributed by atoms with E-state index < -0.39 is 5.97 Å². The number of carbonyl (C=O) groups excluding carboxylic acids is 1. The molecule has 0 radical (unpaired) electrons. The number of hydrogen-bond acceptors (Lipinski definition) is 8. The van der Waals surface area contributed by atoms with Gasteiger partial charge in [0.05, 0.1) is 25.0 Å². The van der Waals surface area contributed by atoms with Crippen LogP contribution in [0, 0.1) is 0 Å². The molecule has 106 valence electrons. The number of ether oxygens (including phenoxy) is 2. The van der Waals surface area contributed by atoms with Crippen molar-refractivity contribution < 1.29 is 14.3 Å². The van der Waals surface area contributed by atoms with Crippen molar-refractivity contribution in [3.8, 4) is 12.0 Å². The lowest BCUT2D eigenvalue weighted by Gasteiger charge is -2.04. The number of nitrogen functional groups attached to an aromatic ring is 1. The summed E-state index contributed by atoms with van der Waals surface area (Å²) in [6, 6.07) is 0.100. The van der Waals surface area contributed by atoms with Gasteiger partial charge in [-0.05, 0) is 13.8 Å². The first-order valence-corrected chi connectivity index (χ1v) is 6.00. The predicted molar refractivity (Wildman–Crippen MR) is 68.5 cm³/mol. The fourth-order valence-corrected chi connectivity index (χ4v) is 1.41. The molecular weight excluding hydrogens is 264 g/mol. The van der Waals surface area contributed by atoms with E-state index in [-0.39, 0.29) is 24.5 Å². The largest absolute Gasteiger partial charge is 0.464 e. The molecule has 9 nitrogen and oxygen atoms in total. The third kappa shape index (κ3) is 2.99. The lowest BCUT2D eigenvalue weighted by molar-refractivity contribution is 0.0526. The Morgan fingerprint density at radius 1 is 1.30 bits per heavy atom. The molecule has 0 aromatic carbocycles. The van der Waals surface area contributed by atoms with Crippen molar-refractivity contribution in [1.29, 1.82) is 0 Å². The van der Waals surface area contributed by atoms with E-state index in [4.69, 9.17) is 15.2 Å². The van der Waals surface area contributed by atoms with Crippen LogP contribution >= 0.6 is 0 Å². The van der Waals surface area contributed by atoms with Crippen LogP contribution in [0.25, 0.3) is 5.95 Å². The number of anilines is 1. The molecule has 0 bridgehead atoms. The van der Waals surface area contributed by atoms with Gasteiger partial charge in [0, 0.05) is 6.20 Å². The Kier molecular flexibility index (Phi) is 4.08. The number of esters is 1. The Bertz CT molecular complexity index is 612. The average Bonchev–Trinajstić information content (AvgIpc) is 2.88. The van der Waals surface area contributed by atoms with Crippen LogP contribution in [-0.4, -0.2) is 43.9 Å². The van der Waals surface area contributed by atoms with Crippen LogP contribution in [0.3, 0.4) is 0 Å². The molecule has 0 atom stereocenters. The zero-order valence-electron chi connectivity index (χ0n) is 11.1. The van der Waals surface area contributed by atoms with Crippen LogP contribution in [0.5, 0.6) is 6.01 Å². The lowest BCUT2D eigenvalue weighted by Crippen LogP contribution is -2.09. The smallest absolute Gasteiger partial charge is 0.341 e. The number of rotatable bonds is 5. The van der Waals surface area contributed by atoms with E-state index in [2.05, 4.69) is 20.1 Å². The van der Waals surface area contributed by atoms with Gasteiger partial charge in [-0.25, -0.2) is 9.48 Å². The summed E-state index contributed by atoms with van der Waals surface area (Å²) in [5.74, 6) is -0.297.